The zero-order valence-corrected chi connectivity index (χ0v) is 29.8. The van der Waals surface area contributed by atoms with E-state index in [0.29, 0.717) is 0 Å². The molecule has 0 saturated carbocycles. The van der Waals surface area contributed by atoms with E-state index in [4.69, 9.17) is 4.98 Å². The van der Waals surface area contributed by atoms with Crippen molar-refractivity contribution in [3.05, 3.63) is 220 Å². The number of aromatic nitrogens is 1. The zero-order valence-electron chi connectivity index (χ0n) is 29.8. The van der Waals surface area contributed by atoms with Gasteiger partial charge in [-0.05, 0) is 109 Å². The Morgan fingerprint density at radius 3 is 1.72 bits per heavy atom. The second kappa shape index (κ2) is 13.0. The lowest BCUT2D eigenvalue weighted by atomic mass is 9.68. The van der Waals surface area contributed by atoms with Crippen LogP contribution in [0.1, 0.15) is 29.5 Å². The van der Waals surface area contributed by atoms with Crippen molar-refractivity contribution < 1.29 is 0 Å². The quantitative estimate of drug-likeness (QED) is 0.177. The maximum atomic E-state index is 5.22. The van der Waals surface area contributed by atoms with Gasteiger partial charge in [0.1, 0.15) is 0 Å². The minimum absolute atomic E-state index is 0.221. The number of nitrogens with zero attached hydrogens (tertiary/aromatic N) is 1. The molecule has 0 amide bonds. The SMILES string of the molecule is Cc1ccc(C2=c3ccccc3=C(C3=c4ccccc4=C(c4cccc(-c5cccc(-c6ccc7ccccc7c6)n5)c4)C4C=CC=CC34)CC2)cc1. The third-order valence-corrected chi connectivity index (χ3v) is 11.5. The first kappa shape index (κ1) is 31.4. The third kappa shape index (κ3) is 5.52. The fraction of sp³-hybridized carbons (Fsp3) is 0.0962. The zero-order chi connectivity index (χ0) is 35.3. The van der Waals surface area contributed by atoms with Crippen LogP contribution in [0, 0.1) is 18.8 Å². The van der Waals surface area contributed by atoms with Gasteiger partial charge in [0.05, 0.1) is 11.4 Å². The summed E-state index contributed by atoms with van der Waals surface area (Å²) in [6.45, 7) is 2.16. The standard InChI is InChI=1S/C52H39N/c1-34-24-26-36(27-25-34)41-30-31-48(43-17-5-4-16-42(41)43)52-46-20-8-6-18-44(46)51(45-19-7-9-21-47(45)52)40-15-10-14-38(33-40)49-22-11-23-50(53-49)39-29-28-35-12-2-3-13-37(35)32-39/h2-29,32-33,44,46H,30-31H2,1H3. The van der Waals surface area contributed by atoms with Gasteiger partial charge in [-0.25, -0.2) is 4.98 Å². The molecule has 2 atom stereocenters. The van der Waals surface area contributed by atoms with Crippen LogP contribution in [-0.4, -0.2) is 4.98 Å². The van der Waals surface area contributed by atoms with Crippen molar-refractivity contribution in [3.8, 4) is 22.5 Å². The van der Waals surface area contributed by atoms with E-state index in [0.717, 1.165) is 35.4 Å². The molecule has 2 unspecified atom stereocenters. The van der Waals surface area contributed by atoms with Crippen molar-refractivity contribution in [1.29, 1.82) is 0 Å². The first-order valence-corrected chi connectivity index (χ1v) is 18.8. The Balaban J connectivity index is 1.16. The van der Waals surface area contributed by atoms with E-state index >= 15 is 0 Å². The lowest BCUT2D eigenvalue weighted by molar-refractivity contribution is 0.688. The molecule has 1 heteroatoms. The Hall–Kier alpha value is -6.31. The van der Waals surface area contributed by atoms with Gasteiger partial charge in [0.15, 0.2) is 0 Å². The fourth-order valence-electron chi connectivity index (χ4n) is 9.00. The normalized spacial score (nSPS) is 17.5. The van der Waals surface area contributed by atoms with E-state index in [1.54, 1.807) is 0 Å². The van der Waals surface area contributed by atoms with Crippen LogP contribution >= 0.6 is 0 Å². The first-order chi connectivity index (χ1) is 26.2. The van der Waals surface area contributed by atoms with Crippen molar-refractivity contribution >= 4 is 33.1 Å². The molecule has 0 spiro atoms. The van der Waals surface area contributed by atoms with Crippen LogP contribution < -0.4 is 20.9 Å². The van der Waals surface area contributed by atoms with Crippen LogP contribution in [0.3, 0.4) is 0 Å². The number of fused-ring (bicyclic) bond motifs is 4. The highest BCUT2D eigenvalue weighted by Crippen LogP contribution is 2.42. The van der Waals surface area contributed by atoms with Gasteiger partial charge >= 0.3 is 0 Å². The average Bonchev–Trinajstić information content (AvgIpc) is 3.23. The van der Waals surface area contributed by atoms with Gasteiger partial charge in [0.25, 0.3) is 0 Å². The Bertz CT molecular complexity index is 2900. The van der Waals surface area contributed by atoms with Gasteiger partial charge in [-0.3, -0.25) is 0 Å². The molecule has 252 valence electrons. The van der Waals surface area contributed by atoms with E-state index in [9.17, 15) is 0 Å². The van der Waals surface area contributed by atoms with Crippen LogP contribution in [-0.2, 0) is 0 Å². The van der Waals surface area contributed by atoms with Gasteiger partial charge in [0, 0.05) is 23.0 Å². The Labute approximate surface area is 310 Å². The van der Waals surface area contributed by atoms with E-state index in [2.05, 4.69) is 189 Å². The molecule has 6 aromatic carbocycles. The topological polar surface area (TPSA) is 12.9 Å². The number of aryl methyl sites for hydroxylation is 1. The summed E-state index contributed by atoms with van der Waals surface area (Å²) < 4.78 is 0. The van der Waals surface area contributed by atoms with E-state index in [1.807, 2.05) is 0 Å². The molecule has 7 aromatic rings. The second-order valence-electron chi connectivity index (χ2n) is 14.6. The Morgan fingerprint density at radius 1 is 0.415 bits per heavy atom. The first-order valence-electron chi connectivity index (χ1n) is 18.8. The molecule has 0 bridgehead atoms. The van der Waals surface area contributed by atoms with Crippen molar-refractivity contribution in [3.63, 3.8) is 0 Å². The summed E-state index contributed by atoms with van der Waals surface area (Å²) in [5, 5.41) is 7.91. The smallest absolute Gasteiger partial charge is 0.0709 e. The molecular weight excluding hydrogens is 639 g/mol. The molecule has 53 heavy (non-hydrogen) atoms. The monoisotopic (exact) mass is 677 g/mol. The molecule has 0 fully saturated rings. The third-order valence-electron chi connectivity index (χ3n) is 11.5. The van der Waals surface area contributed by atoms with Crippen molar-refractivity contribution in [2.45, 2.75) is 19.8 Å². The molecule has 10 rings (SSSR count). The molecule has 3 aliphatic rings. The van der Waals surface area contributed by atoms with Crippen LogP contribution in [0.15, 0.2) is 182 Å². The summed E-state index contributed by atoms with van der Waals surface area (Å²) in [5.41, 5.74) is 13.9. The highest BCUT2D eigenvalue weighted by Gasteiger charge is 2.33. The Morgan fingerprint density at radius 2 is 0.962 bits per heavy atom. The van der Waals surface area contributed by atoms with Gasteiger partial charge < -0.3 is 0 Å². The van der Waals surface area contributed by atoms with Gasteiger partial charge in [-0.1, -0.05) is 163 Å². The highest BCUT2D eigenvalue weighted by atomic mass is 14.7. The number of rotatable bonds is 5. The predicted molar refractivity (Wildman–Crippen MR) is 222 cm³/mol. The van der Waals surface area contributed by atoms with Crippen molar-refractivity contribution in [1.82, 2.24) is 4.98 Å². The summed E-state index contributed by atoms with van der Waals surface area (Å²) >= 11 is 0. The molecule has 0 radical (unpaired) electrons. The average molecular weight is 678 g/mol. The van der Waals surface area contributed by atoms with Crippen LogP contribution in [0.2, 0.25) is 0 Å². The summed E-state index contributed by atoms with van der Waals surface area (Å²) in [7, 11) is 0. The number of allylic oxidation sites excluding steroid dienone is 4. The number of benzene rings is 6. The molecular formula is C52H39N. The van der Waals surface area contributed by atoms with Crippen molar-refractivity contribution in [2.75, 3.05) is 0 Å². The molecule has 0 aliphatic heterocycles. The summed E-state index contributed by atoms with van der Waals surface area (Å²) in [4.78, 5) is 5.22. The van der Waals surface area contributed by atoms with Crippen LogP contribution in [0.4, 0.5) is 0 Å². The van der Waals surface area contributed by atoms with Crippen LogP contribution in [0.25, 0.3) is 55.6 Å². The van der Waals surface area contributed by atoms with Gasteiger partial charge in [0.2, 0.25) is 0 Å². The minimum atomic E-state index is 0.221. The molecule has 0 N–H and O–H groups in total. The predicted octanol–water partition coefficient (Wildman–Crippen LogP) is 9.44. The van der Waals surface area contributed by atoms with E-state index in [1.165, 1.54) is 70.6 Å². The number of pyridine rings is 1. The summed E-state index contributed by atoms with van der Waals surface area (Å²) in [5.74, 6) is 0.464. The molecule has 1 heterocycles. The maximum absolute atomic E-state index is 5.22. The molecule has 0 saturated heterocycles. The minimum Gasteiger partial charge on any atom is -0.248 e. The molecule has 1 nitrogen and oxygen atoms in total. The highest BCUT2D eigenvalue weighted by molar-refractivity contribution is 5.95. The summed E-state index contributed by atoms with van der Waals surface area (Å²) in [6.07, 6.45) is 11.4. The fourth-order valence-corrected chi connectivity index (χ4v) is 9.00. The lowest BCUT2D eigenvalue weighted by Gasteiger charge is -2.35. The molecule has 3 aliphatic carbocycles. The largest absolute Gasteiger partial charge is 0.248 e. The number of hydrogen-bond acceptors (Lipinski definition) is 1. The second-order valence-corrected chi connectivity index (χ2v) is 14.6. The Kier molecular flexibility index (Phi) is 7.73. The van der Waals surface area contributed by atoms with Gasteiger partial charge in [-0.15, -0.1) is 0 Å². The maximum Gasteiger partial charge on any atom is 0.0709 e. The summed E-state index contributed by atoms with van der Waals surface area (Å²) in [6, 6.07) is 57.9. The van der Waals surface area contributed by atoms with Crippen LogP contribution in [0.5, 0.6) is 0 Å². The van der Waals surface area contributed by atoms with Crippen molar-refractivity contribution in [2.24, 2.45) is 11.8 Å². The number of hydrogen-bond donors (Lipinski definition) is 0. The molecule has 1 aromatic heterocycles. The van der Waals surface area contributed by atoms with E-state index in [-0.39, 0.29) is 11.8 Å². The van der Waals surface area contributed by atoms with E-state index < -0.39 is 0 Å². The lowest BCUT2D eigenvalue weighted by Crippen LogP contribution is -2.42. The van der Waals surface area contributed by atoms with Gasteiger partial charge in [-0.2, -0.15) is 0 Å².